The van der Waals surface area contributed by atoms with Gasteiger partial charge in [0, 0.05) is 17.8 Å². The average molecular weight is 326 g/mol. The van der Waals surface area contributed by atoms with E-state index in [-0.39, 0.29) is 5.91 Å². The standard InChI is InChI=1S/C15H10N4OS2/c20-13(11-9-21-15(17-11)19-7-3-4-8-19)18-14-16-10-5-1-2-6-12(10)22-14/h1-9H,(H,16,18,20). The second kappa shape index (κ2) is 5.36. The minimum atomic E-state index is -0.242. The molecule has 5 nitrogen and oxygen atoms in total. The molecule has 0 fully saturated rings. The summed E-state index contributed by atoms with van der Waals surface area (Å²) in [5, 5.41) is 5.91. The molecule has 0 aliphatic rings. The fourth-order valence-electron chi connectivity index (χ4n) is 2.04. The van der Waals surface area contributed by atoms with Crippen molar-refractivity contribution in [1.82, 2.24) is 14.5 Å². The molecule has 0 unspecified atom stereocenters. The van der Waals surface area contributed by atoms with Gasteiger partial charge in [0.05, 0.1) is 10.2 Å². The van der Waals surface area contributed by atoms with Gasteiger partial charge in [0.1, 0.15) is 5.69 Å². The maximum Gasteiger partial charge on any atom is 0.276 e. The lowest BCUT2D eigenvalue weighted by Crippen LogP contribution is -2.12. The molecular weight excluding hydrogens is 316 g/mol. The van der Waals surface area contributed by atoms with Crippen LogP contribution < -0.4 is 5.32 Å². The number of fused-ring (bicyclic) bond motifs is 1. The second-order valence-corrected chi connectivity index (χ2v) is 6.41. The number of nitrogens with zero attached hydrogens (tertiary/aromatic N) is 3. The second-order valence-electron chi connectivity index (χ2n) is 4.55. The number of hydrogen-bond acceptors (Lipinski definition) is 5. The zero-order valence-electron chi connectivity index (χ0n) is 11.3. The van der Waals surface area contributed by atoms with Gasteiger partial charge in [0.25, 0.3) is 5.91 Å². The largest absolute Gasteiger partial charge is 0.300 e. The van der Waals surface area contributed by atoms with Crippen LogP contribution in [0.25, 0.3) is 15.3 Å². The summed E-state index contributed by atoms with van der Waals surface area (Å²) in [4.78, 5) is 21.0. The molecule has 0 saturated heterocycles. The van der Waals surface area contributed by atoms with E-state index < -0.39 is 0 Å². The van der Waals surface area contributed by atoms with Crippen molar-refractivity contribution < 1.29 is 4.79 Å². The predicted molar refractivity (Wildman–Crippen MR) is 89.0 cm³/mol. The molecule has 22 heavy (non-hydrogen) atoms. The monoisotopic (exact) mass is 326 g/mol. The number of amides is 1. The van der Waals surface area contributed by atoms with Crippen molar-refractivity contribution in [3.63, 3.8) is 0 Å². The Kier molecular flexibility index (Phi) is 3.21. The summed E-state index contributed by atoms with van der Waals surface area (Å²) in [6, 6.07) is 11.6. The third-order valence-electron chi connectivity index (χ3n) is 3.06. The third-order valence-corrected chi connectivity index (χ3v) is 4.87. The van der Waals surface area contributed by atoms with E-state index in [1.165, 1.54) is 22.7 Å². The predicted octanol–water partition coefficient (Wildman–Crippen LogP) is 3.80. The number of thiazole rings is 2. The van der Waals surface area contributed by atoms with Crippen molar-refractivity contribution in [3.05, 3.63) is 59.9 Å². The van der Waals surface area contributed by atoms with Gasteiger partial charge < -0.3 is 4.57 Å². The van der Waals surface area contributed by atoms with Gasteiger partial charge in [-0.3, -0.25) is 10.1 Å². The lowest BCUT2D eigenvalue weighted by molar-refractivity contribution is 0.102. The molecule has 3 aromatic heterocycles. The van der Waals surface area contributed by atoms with E-state index in [9.17, 15) is 4.79 Å². The number of carbonyl (C=O) groups excluding carboxylic acids is 1. The van der Waals surface area contributed by atoms with Crippen LogP contribution in [0.3, 0.4) is 0 Å². The van der Waals surface area contributed by atoms with Crippen molar-refractivity contribution in [2.45, 2.75) is 0 Å². The van der Waals surface area contributed by atoms with Crippen molar-refractivity contribution in [2.75, 3.05) is 5.32 Å². The molecule has 4 aromatic rings. The van der Waals surface area contributed by atoms with Crippen LogP contribution in [-0.2, 0) is 0 Å². The Balaban J connectivity index is 1.57. The van der Waals surface area contributed by atoms with E-state index in [4.69, 9.17) is 0 Å². The van der Waals surface area contributed by atoms with E-state index in [2.05, 4.69) is 15.3 Å². The number of para-hydroxylation sites is 1. The Hall–Kier alpha value is -2.51. The van der Waals surface area contributed by atoms with Crippen LogP contribution in [-0.4, -0.2) is 20.4 Å². The summed E-state index contributed by atoms with van der Waals surface area (Å²) in [5.74, 6) is -0.242. The van der Waals surface area contributed by atoms with Crippen LogP contribution >= 0.6 is 22.7 Å². The van der Waals surface area contributed by atoms with Gasteiger partial charge in [-0.1, -0.05) is 23.5 Å². The number of rotatable bonds is 3. The number of anilines is 1. The van der Waals surface area contributed by atoms with E-state index in [0.29, 0.717) is 10.8 Å². The molecule has 0 bridgehead atoms. The molecule has 1 aromatic carbocycles. The molecule has 0 aliphatic carbocycles. The first-order valence-corrected chi connectivity index (χ1v) is 8.25. The average Bonchev–Trinajstić information content (AvgIpc) is 3.26. The van der Waals surface area contributed by atoms with E-state index in [1.54, 1.807) is 5.38 Å². The zero-order chi connectivity index (χ0) is 14.9. The highest BCUT2D eigenvalue weighted by Gasteiger charge is 2.13. The highest BCUT2D eigenvalue weighted by atomic mass is 32.1. The van der Waals surface area contributed by atoms with Crippen LogP contribution in [0.15, 0.2) is 54.2 Å². The molecule has 0 atom stereocenters. The first-order chi connectivity index (χ1) is 10.8. The minimum absolute atomic E-state index is 0.242. The maximum absolute atomic E-state index is 12.3. The topological polar surface area (TPSA) is 59.8 Å². The number of benzene rings is 1. The molecule has 7 heteroatoms. The minimum Gasteiger partial charge on any atom is -0.300 e. The first-order valence-electron chi connectivity index (χ1n) is 6.55. The highest BCUT2D eigenvalue weighted by Crippen LogP contribution is 2.26. The molecule has 0 saturated carbocycles. The van der Waals surface area contributed by atoms with Gasteiger partial charge in [-0.15, -0.1) is 11.3 Å². The molecule has 0 spiro atoms. The van der Waals surface area contributed by atoms with Gasteiger partial charge in [0.15, 0.2) is 10.3 Å². The Bertz CT molecular complexity index is 906. The quantitative estimate of drug-likeness (QED) is 0.623. The van der Waals surface area contributed by atoms with Gasteiger partial charge in [-0.25, -0.2) is 9.97 Å². The summed E-state index contributed by atoms with van der Waals surface area (Å²) in [6.45, 7) is 0. The van der Waals surface area contributed by atoms with Crippen LogP contribution in [0.2, 0.25) is 0 Å². The summed E-state index contributed by atoms with van der Waals surface area (Å²) in [6.07, 6.45) is 3.79. The van der Waals surface area contributed by atoms with E-state index in [0.717, 1.165) is 15.3 Å². The van der Waals surface area contributed by atoms with E-state index >= 15 is 0 Å². The fraction of sp³-hybridized carbons (Fsp3) is 0. The first kappa shape index (κ1) is 13.2. The Morgan fingerprint density at radius 3 is 2.73 bits per heavy atom. The zero-order valence-corrected chi connectivity index (χ0v) is 12.9. The normalized spacial score (nSPS) is 10.9. The van der Waals surface area contributed by atoms with Crippen LogP contribution in [0.5, 0.6) is 0 Å². The molecular formula is C15H10N4OS2. The fourth-order valence-corrected chi connectivity index (χ4v) is 3.67. The summed E-state index contributed by atoms with van der Waals surface area (Å²) in [7, 11) is 0. The highest BCUT2D eigenvalue weighted by molar-refractivity contribution is 7.22. The molecule has 0 radical (unpaired) electrons. The maximum atomic E-state index is 12.3. The van der Waals surface area contributed by atoms with Crippen molar-refractivity contribution in [2.24, 2.45) is 0 Å². The number of hydrogen-bond donors (Lipinski definition) is 1. The van der Waals surface area contributed by atoms with Crippen LogP contribution in [0.4, 0.5) is 5.13 Å². The number of nitrogens with one attached hydrogen (secondary N) is 1. The van der Waals surface area contributed by atoms with Crippen molar-refractivity contribution in [3.8, 4) is 5.13 Å². The van der Waals surface area contributed by atoms with Crippen molar-refractivity contribution >= 4 is 43.9 Å². The Morgan fingerprint density at radius 2 is 1.91 bits per heavy atom. The third kappa shape index (κ3) is 2.40. The summed E-state index contributed by atoms with van der Waals surface area (Å²) < 4.78 is 2.92. The molecule has 1 amide bonds. The lowest BCUT2D eigenvalue weighted by atomic mass is 10.3. The molecule has 1 N–H and O–H groups in total. The van der Waals surface area contributed by atoms with Crippen molar-refractivity contribution in [1.29, 1.82) is 0 Å². The lowest BCUT2D eigenvalue weighted by Gasteiger charge is -1.97. The molecule has 3 heterocycles. The summed E-state index contributed by atoms with van der Waals surface area (Å²) in [5.41, 5.74) is 1.28. The van der Waals surface area contributed by atoms with Gasteiger partial charge in [0.2, 0.25) is 0 Å². The molecule has 0 aliphatic heterocycles. The smallest absolute Gasteiger partial charge is 0.276 e. The molecule has 4 rings (SSSR count). The van der Waals surface area contributed by atoms with Gasteiger partial charge in [-0.2, -0.15) is 0 Å². The van der Waals surface area contributed by atoms with Crippen LogP contribution in [0.1, 0.15) is 10.5 Å². The Labute approximate surface area is 133 Å². The Morgan fingerprint density at radius 1 is 1.09 bits per heavy atom. The van der Waals surface area contributed by atoms with Gasteiger partial charge in [-0.05, 0) is 24.3 Å². The number of carbonyl (C=O) groups is 1. The SMILES string of the molecule is O=C(Nc1nc2ccccc2s1)c1csc(-n2cccc2)n1. The van der Waals surface area contributed by atoms with Crippen LogP contribution in [0, 0.1) is 0 Å². The summed E-state index contributed by atoms with van der Waals surface area (Å²) >= 11 is 2.88. The number of aromatic nitrogens is 3. The van der Waals surface area contributed by atoms with Gasteiger partial charge >= 0.3 is 0 Å². The van der Waals surface area contributed by atoms with E-state index in [1.807, 2.05) is 53.4 Å². The molecule has 108 valence electrons.